The van der Waals surface area contributed by atoms with E-state index in [9.17, 15) is 0 Å². The molecule has 0 spiro atoms. The highest BCUT2D eigenvalue weighted by atomic mass is 15.2. The van der Waals surface area contributed by atoms with Crippen molar-refractivity contribution < 1.29 is 0 Å². The van der Waals surface area contributed by atoms with E-state index < -0.39 is 0 Å². The normalized spacial score (nSPS) is 23.5. The molecule has 114 valence electrons. The molecule has 2 unspecified atom stereocenters. The second-order valence-electron chi connectivity index (χ2n) is 6.03. The van der Waals surface area contributed by atoms with E-state index >= 15 is 0 Å². The third-order valence-electron chi connectivity index (χ3n) is 4.47. The molecule has 21 heavy (non-hydrogen) atoms. The maximum absolute atomic E-state index is 8.99. The second kappa shape index (κ2) is 8.17. The monoisotopic (exact) mass is 285 g/mol. The minimum absolute atomic E-state index is 0.479. The van der Waals surface area contributed by atoms with Gasteiger partial charge in [0.1, 0.15) is 0 Å². The Morgan fingerprint density at radius 1 is 1.29 bits per heavy atom. The highest BCUT2D eigenvalue weighted by Gasteiger charge is 2.30. The van der Waals surface area contributed by atoms with Crippen molar-refractivity contribution >= 4 is 0 Å². The first kappa shape index (κ1) is 16.0. The van der Waals surface area contributed by atoms with Crippen molar-refractivity contribution in [2.45, 2.75) is 38.6 Å². The zero-order valence-corrected chi connectivity index (χ0v) is 13.3. The average Bonchev–Trinajstić information content (AvgIpc) is 2.71. The fraction of sp³-hybridized carbons (Fsp3) is 0.611. The van der Waals surface area contributed by atoms with Crippen LogP contribution in [0.3, 0.4) is 0 Å². The van der Waals surface area contributed by atoms with Crippen molar-refractivity contribution in [3.05, 3.63) is 35.4 Å². The minimum atomic E-state index is 0.479. The van der Waals surface area contributed by atoms with Crippen LogP contribution < -0.4 is 5.32 Å². The van der Waals surface area contributed by atoms with E-state index in [0.717, 1.165) is 18.7 Å². The zero-order valence-electron chi connectivity index (χ0n) is 13.3. The molecule has 0 aromatic heterocycles. The fourth-order valence-electron chi connectivity index (χ4n) is 3.57. The third-order valence-corrected chi connectivity index (χ3v) is 4.47. The molecule has 0 saturated carbocycles. The molecule has 1 heterocycles. The molecule has 0 amide bonds. The lowest BCUT2D eigenvalue weighted by Gasteiger charge is -2.35. The van der Waals surface area contributed by atoms with E-state index in [4.69, 9.17) is 5.26 Å². The number of hydrogen-bond donors (Lipinski definition) is 1. The van der Waals surface area contributed by atoms with Crippen LogP contribution in [-0.2, 0) is 0 Å². The van der Waals surface area contributed by atoms with Crippen LogP contribution in [0, 0.1) is 17.2 Å². The number of nitrogens with zero attached hydrogens (tertiary/aromatic N) is 2. The molecule has 1 aliphatic rings. The molecule has 0 aliphatic carbocycles. The Morgan fingerprint density at radius 2 is 2.05 bits per heavy atom. The topological polar surface area (TPSA) is 39.1 Å². The summed E-state index contributed by atoms with van der Waals surface area (Å²) in [4.78, 5) is 2.65. The van der Waals surface area contributed by atoms with Crippen LogP contribution in [0.15, 0.2) is 24.3 Å². The molecule has 1 saturated heterocycles. The summed E-state index contributed by atoms with van der Waals surface area (Å²) in [5.41, 5.74) is 2.11. The van der Waals surface area contributed by atoms with Crippen LogP contribution in [-0.4, -0.2) is 31.6 Å². The summed E-state index contributed by atoms with van der Waals surface area (Å²) in [6.07, 6.45) is 5.09. The smallest absolute Gasteiger partial charge is 0.0991 e. The van der Waals surface area contributed by atoms with Gasteiger partial charge in [-0.15, -0.1) is 0 Å². The standard InChI is InChI=1S/C18H27N3/c1-3-11-21-12-5-4-6-17(14-20-2)18(21)16-9-7-15(13-19)8-10-16/h7-10,17-18,20H,3-6,11-12,14H2,1-2H3. The lowest BCUT2D eigenvalue weighted by Crippen LogP contribution is -2.36. The zero-order chi connectivity index (χ0) is 15.1. The van der Waals surface area contributed by atoms with Crippen LogP contribution in [0.4, 0.5) is 0 Å². The third kappa shape index (κ3) is 4.06. The van der Waals surface area contributed by atoms with Gasteiger partial charge in [-0.3, -0.25) is 4.90 Å². The fourth-order valence-corrected chi connectivity index (χ4v) is 3.57. The average molecular weight is 285 g/mol. The van der Waals surface area contributed by atoms with Gasteiger partial charge >= 0.3 is 0 Å². The van der Waals surface area contributed by atoms with E-state index in [1.807, 2.05) is 19.2 Å². The SMILES string of the molecule is CCCN1CCCCC(CNC)C1c1ccc(C#N)cc1. The molecule has 1 aromatic carbocycles. The van der Waals surface area contributed by atoms with Gasteiger partial charge in [0.05, 0.1) is 11.6 Å². The Hall–Kier alpha value is -1.37. The first-order valence-electron chi connectivity index (χ1n) is 8.18. The molecule has 0 bridgehead atoms. The van der Waals surface area contributed by atoms with Gasteiger partial charge in [-0.1, -0.05) is 25.5 Å². The summed E-state index contributed by atoms with van der Waals surface area (Å²) < 4.78 is 0. The number of benzene rings is 1. The van der Waals surface area contributed by atoms with Gasteiger partial charge in [0.15, 0.2) is 0 Å². The van der Waals surface area contributed by atoms with Gasteiger partial charge in [-0.2, -0.15) is 5.26 Å². The summed E-state index contributed by atoms with van der Waals surface area (Å²) in [6.45, 7) is 5.67. The molecular formula is C18H27N3. The summed E-state index contributed by atoms with van der Waals surface area (Å²) in [7, 11) is 2.05. The lowest BCUT2D eigenvalue weighted by molar-refractivity contribution is 0.154. The highest BCUT2D eigenvalue weighted by molar-refractivity contribution is 5.33. The second-order valence-corrected chi connectivity index (χ2v) is 6.03. The van der Waals surface area contributed by atoms with Gasteiger partial charge in [0.2, 0.25) is 0 Å². The maximum Gasteiger partial charge on any atom is 0.0991 e. The largest absolute Gasteiger partial charge is 0.319 e. The van der Waals surface area contributed by atoms with Crippen molar-refractivity contribution in [2.75, 3.05) is 26.7 Å². The van der Waals surface area contributed by atoms with Crippen LogP contribution >= 0.6 is 0 Å². The Labute approximate surface area is 129 Å². The van der Waals surface area contributed by atoms with Gasteiger partial charge in [-0.05, 0) is 69.6 Å². The predicted octanol–water partition coefficient (Wildman–Crippen LogP) is 3.33. The summed E-state index contributed by atoms with van der Waals surface area (Å²) in [5, 5.41) is 12.4. The molecule has 1 fully saturated rings. The first-order chi connectivity index (χ1) is 10.3. The molecule has 3 heteroatoms. The number of hydrogen-bond acceptors (Lipinski definition) is 3. The van der Waals surface area contributed by atoms with Crippen molar-refractivity contribution in [3.8, 4) is 6.07 Å². The molecule has 1 N–H and O–H groups in total. The number of nitrogens with one attached hydrogen (secondary N) is 1. The van der Waals surface area contributed by atoms with E-state index in [1.54, 1.807) is 0 Å². The highest BCUT2D eigenvalue weighted by Crippen LogP contribution is 2.35. The summed E-state index contributed by atoms with van der Waals surface area (Å²) in [6, 6.07) is 10.9. The minimum Gasteiger partial charge on any atom is -0.319 e. The van der Waals surface area contributed by atoms with E-state index in [2.05, 4.69) is 35.3 Å². The van der Waals surface area contributed by atoms with E-state index in [-0.39, 0.29) is 0 Å². The van der Waals surface area contributed by atoms with Crippen molar-refractivity contribution in [1.82, 2.24) is 10.2 Å². The van der Waals surface area contributed by atoms with Crippen molar-refractivity contribution in [3.63, 3.8) is 0 Å². The van der Waals surface area contributed by atoms with Crippen molar-refractivity contribution in [2.24, 2.45) is 5.92 Å². The Kier molecular flexibility index (Phi) is 6.22. The molecular weight excluding hydrogens is 258 g/mol. The number of rotatable bonds is 5. The van der Waals surface area contributed by atoms with Gasteiger partial charge < -0.3 is 5.32 Å². The predicted molar refractivity (Wildman–Crippen MR) is 87.0 cm³/mol. The van der Waals surface area contributed by atoms with Crippen LogP contribution in [0.25, 0.3) is 0 Å². The quantitative estimate of drug-likeness (QED) is 0.902. The van der Waals surface area contributed by atoms with E-state index in [1.165, 1.54) is 37.8 Å². The van der Waals surface area contributed by atoms with Gasteiger partial charge in [0.25, 0.3) is 0 Å². The van der Waals surface area contributed by atoms with Crippen LogP contribution in [0.2, 0.25) is 0 Å². The van der Waals surface area contributed by atoms with Crippen LogP contribution in [0.1, 0.15) is 49.8 Å². The Morgan fingerprint density at radius 3 is 2.67 bits per heavy atom. The molecule has 0 radical (unpaired) electrons. The first-order valence-corrected chi connectivity index (χ1v) is 8.18. The summed E-state index contributed by atoms with van der Waals surface area (Å²) >= 11 is 0. The molecule has 2 rings (SSSR count). The number of nitriles is 1. The van der Waals surface area contributed by atoms with Gasteiger partial charge in [0, 0.05) is 6.04 Å². The Bertz CT molecular complexity index is 444. The Balaban J connectivity index is 2.30. The molecule has 3 nitrogen and oxygen atoms in total. The summed E-state index contributed by atoms with van der Waals surface area (Å²) in [5.74, 6) is 0.650. The molecule has 2 atom stereocenters. The van der Waals surface area contributed by atoms with Crippen LogP contribution in [0.5, 0.6) is 0 Å². The maximum atomic E-state index is 8.99. The van der Waals surface area contributed by atoms with E-state index in [0.29, 0.717) is 12.0 Å². The van der Waals surface area contributed by atoms with Gasteiger partial charge in [-0.25, -0.2) is 0 Å². The van der Waals surface area contributed by atoms with Crippen molar-refractivity contribution in [1.29, 1.82) is 5.26 Å². The molecule has 1 aromatic rings. The molecule has 1 aliphatic heterocycles. The lowest BCUT2D eigenvalue weighted by atomic mass is 9.88. The number of likely N-dealkylation sites (tertiary alicyclic amines) is 1.